The minimum atomic E-state index is -0.332. The number of aryl methyl sites for hydroxylation is 1. The van der Waals surface area contributed by atoms with Crippen molar-refractivity contribution < 1.29 is 33.6 Å². The van der Waals surface area contributed by atoms with Crippen molar-refractivity contribution in [2.24, 2.45) is 49.7 Å². The quantitative estimate of drug-likeness (QED) is 0.0379. The van der Waals surface area contributed by atoms with Crippen LogP contribution in [0.25, 0.3) is 5.57 Å². The molecule has 0 amide bonds. The van der Waals surface area contributed by atoms with Crippen LogP contribution in [0.15, 0.2) is 84.9 Å². The molecule has 0 saturated heterocycles. The molecule has 14 nitrogen and oxygen atoms in total. The molecule has 712 valence electrons. The molecule has 0 heterocycles. The summed E-state index contributed by atoms with van der Waals surface area (Å²) < 4.78 is 0. The number of hydrogen-bond acceptors (Lipinski definition) is 15. The van der Waals surface area contributed by atoms with E-state index in [1.165, 1.54) is 33.4 Å². The van der Waals surface area contributed by atoms with Gasteiger partial charge in [-0.1, -0.05) is 284 Å². The molecule has 7 N–H and O–H groups in total. The van der Waals surface area contributed by atoms with Crippen LogP contribution in [0.1, 0.15) is 386 Å². The highest BCUT2D eigenvalue weighted by atomic mass is 32.2. The van der Waals surface area contributed by atoms with E-state index < -0.39 is 0 Å². The Hall–Kier alpha value is -4.84. The average molecular weight is 1740 g/mol. The summed E-state index contributed by atoms with van der Waals surface area (Å²) in [6.07, 6.45) is 10.3. The second-order valence-corrected chi connectivity index (χ2v) is 50.3. The fraction of sp³-hybridized carbons (Fsp3) is 0.750. The first-order chi connectivity index (χ1) is 54.2. The molecule has 4 rings (SSSR count). The molecule has 0 radical (unpaired) electrons. The molecule has 3 aromatic rings. The molecule has 8 unspecified atom stereocenters. The molecule has 0 aliphatic heterocycles. The van der Waals surface area contributed by atoms with Gasteiger partial charge in [-0.05, 0) is 237 Å². The van der Waals surface area contributed by atoms with Gasteiger partial charge in [0.15, 0.2) is 40.5 Å². The second kappa shape index (κ2) is 51.5. The van der Waals surface area contributed by atoms with E-state index in [1.807, 2.05) is 177 Å². The Balaban J connectivity index is -0.000000675. The van der Waals surface area contributed by atoms with E-state index in [4.69, 9.17) is 0 Å². The Morgan fingerprint density at radius 2 is 0.602 bits per heavy atom. The van der Waals surface area contributed by atoms with Crippen LogP contribution >= 0.6 is 11.8 Å². The van der Waals surface area contributed by atoms with Crippen molar-refractivity contribution >= 4 is 57.8 Å². The fourth-order valence-corrected chi connectivity index (χ4v) is 14.1. The van der Waals surface area contributed by atoms with E-state index in [1.54, 1.807) is 11.8 Å². The lowest BCUT2D eigenvalue weighted by molar-refractivity contribution is -0.130. The minimum absolute atomic E-state index is 0. The van der Waals surface area contributed by atoms with Crippen molar-refractivity contribution in [3.05, 3.63) is 113 Å². The Morgan fingerprint density at radius 3 is 0.911 bits per heavy atom. The zero-order valence-corrected chi connectivity index (χ0v) is 89.0. The number of carbonyl (C=O) groups excluding carboxylic acids is 7. The highest BCUT2D eigenvalue weighted by Gasteiger charge is 2.40. The zero-order chi connectivity index (χ0) is 96.9. The minimum Gasteiger partial charge on any atom is -0.303 e. The summed E-state index contributed by atoms with van der Waals surface area (Å²) in [5.74, 6) is 3.81. The lowest BCUT2D eigenvalue weighted by Crippen LogP contribution is -2.53. The third kappa shape index (κ3) is 57.0. The van der Waals surface area contributed by atoms with Crippen LogP contribution < -0.4 is 37.2 Å². The molecule has 0 fully saturated rings. The molecular weight excluding hydrogens is 1540 g/mol. The van der Waals surface area contributed by atoms with Crippen LogP contribution in [-0.4, -0.2) is 134 Å². The summed E-state index contributed by atoms with van der Waals surface area (Å²) >= 11 is 1.71. The SMILES string of the molecule is C.CC(C)(C)NC(CC1=CCc2ccccc21)C(=O)C(C)(C)C.CC(C)(C)NC(Cc1ccccc1)C(=O)C(C)(C)C.CC(C)CC(NC(C)(C)C)C(=O)C(C)(C)C.CCC(C)C(NC(C)(C)C)C(=O)C(C)(C)C.CCC(NC(C)(C)C)C(=O)C(C)(C)C.CSCC(NC(C)(C)C)C(=O)C(C)(C)C.Cc1ccc(CC(NC(C)(C)C)C(=O)C(C)(C)C)cc1. The van der Waals surface area contributed by atoms with Crippen molar-refractivity contribution in [3.63, 3.8) is 0 Å². The van der Waals surface area contributed by atoms with Gasteiger partial charge in [0.1, 0.15) is 0 Å². The number of allylic oxidation sites excluding steroid dienone is 1. The molecule has 0 aromatic heterocycles. The third-order valence-corrected chi connectivity index (χ3v) is 20.1. The van der Waals surface area contributed by atoms with Gasteiger partial charge in [-0.15, -0.1) is 0 Å². The Labute approximate surface area is 764 Å². The maximum atomic E-state index is 12.9. The molecule has 0 spiro atoms. The van der Waals surface area contributed by atoms with Crippen molar-refractivity contribution in [2.75, 3.05) is 12.0 Å². The lowest BCUT2D eigenvalue weighted by Gasteiger charge is -2.35. The molecule has 3 aromatic carbocycles. The molecule has 8 atom stereocenters. The summed E-state index contributed by atoms with van der Waals surface area (Å²) in [7, 11) is 0. The van der Waals surface area contributed by atoms with Crippen LogP contribution in [0, 0.1) is 56.7 Å². The van der Waals surface area contributed by atoms with Gasteiger partial charge >= 0.3 is 0 Å². The summed E-state index contributed by atoms with van der Waals surface area (Å²) in [6.45, 7) is 98.6. The summed E-state index contributed by atoms with van der Waals surface area (Å²) in [6, 6.07) is 26.6. The van der Waals surface area contributed by atoms with E-state index in [0.29, 0.717) is 35.0 Å². The van der Waals surface area contributed by atoms with Gasteiger partial charge in [0, 0.05) is 82.4 Å². The van der Waals surface area contributed by atoms with Crippen LogP contribution in [0.2, 0.25) is 0 Å². The second-order valence-electron chi connectivity index (χ2n) is 49.4. The maximum absolute atomic E-state index is 12.9. The zero-order valence-electron chi connectivity index (χ0n) is 88.2. The number of nitrogens with one attached hydrogen (secondary N) is 7. The number of rotatable bonds is 27. The van der Waals surface area contributed by atoms with Crippen LogP contribution in [-0.2, 0) is 52.8 Å². The van der Waals surface area contributed by atoms with Crippen LogP contribution in [0.4, 0.5) is 0 Å². The molecule has 123 heavy (non-hydrogen) atoms. The molecular formula is C108H197N7O7S. The van der Waals surface area contributed by atoms with Crippen molar-refractivity contribution in [2.45, 2.75) is 466 Å². The first-order valence-electron chi connectivity index (χ1n) is 45.8. The maximum Gasteiger partial charge on any atom is 0.155 e. The lowest BCUT2D eigenvalue weighted by atomic mass is 9.80. The summed E-state index contributed by atoms with van der Waals surface area (Å²) in [4.78, 5) is 87.0. The van der Waals surface area contributed by atoms with E-state index in [2.05, 4.69) is 284 Å². The number of carbonyl (C=O) groups is 7. The van der Waals surface area contributed by atoms with E-state index in [-0.39, 0.29) is 144 Å². The molecule has 0 saturated carbocycles. The predicted octanol–water partition coefficient (Wildman–Crippen LogP) is 24.8. The van der Waals surface area contributed by atoms with Gasteiger partial charge in [0.25, 0.3) is 0 Å². The Morgan fingerprint density at radius 1 is 0.325 bits per heavy atom. The van der Waals surface area contributed by atoms with Gasteiger partial charge in [-0.25, -0.2) is 0 Å². The number of fused-ring (bicyclic) bond motifs is 1. The van der Waals surface area contributed by atoms with E-state index in [0.717, 1.165) is 50.7 Å². The largest absolute Gasteiger partial charge is 0.303 e. The first-order valence-corrected chi connectivity index (χ1v) is 47.2. The first kappa shape index (κ1) is 124. The normalized spacial score (nSPS) is 15.2. The van der Waals surface area contributed by atoms with E-state index in [9.17, 15) is 33.6 Å². The van der Waals surface area contributed by atoms with Gasteiger partial charge in [0.05, 0.1) is 42.3 Å². The molecule has 1 aliphatic carbocycles. The smallest absolute Gasteiger partial charge is 0.155 e. The summed E-state index contributed by atoms with van der Waals surface area (Å²) in [5.41, 5.74) is 5.33. The standard InChI is InChI=1S/C20H29NO.C18H29NO.C17H27NO.2C14H29NO.C12H25NOS.C12H25NO.CH4/c1-19(2,3)18(22)17(21-20(4,5)6)13-15-12-11-14-9-7-8-10-16(14)15;1-13-8-10-14(11-9-13)12-15(19-18(5,6)7)16(20)17(2,3)4;1-16(2,3)15(19)14(18-17(4,5)6)12-13-10-8-7-9-11-13;1-10(2)9-11(15-14(6,7)8)12(16)13(3,4)5;1-9-10(2)11(15-14(6,7)8)12(16)13(3,4)5;1-11(2,3)10(14)9(8-15-7)13-12(4,5)6;1-8-9(13-12(5,6)7)10(14)11(2,3)4;/h7-10,12,17,21H,11,13H2,1-6H3;8-11,15,19H,12H2,1-7H3;7-11,14,18H,12H2,1-6H3;2*10-11,15H,9H2,1-8H3;9,13H,8H2,1-7H3;9,13H,8H2,1-7H3;1H4. The fourth-order valence-electron chi connectivity index (χ4n) is 13.5. The molecule has 0 bridgehead atoms. The van der Waals surface area contributed by atoms with Gasteiger partial charge in [-0.2, -0.15) is 11.8 Å². The van der Waals surface area contributed by atoms with Crippen LogP contribution in [0.3, 0.4) is 0 Å². The predicted molar refractivity (Wildman–Crippen MR) is 540 cm³/mol. The monoisotopic (exact) mass is 1740 g/mol. The number of benzene rings is 3. The van der Waals surface area contributed by atoms with Gasteiger partial charge in [0.2, 0.25) is 0 Å². The Bertz CT molecular complexity index is 3620. The van der Waals surface area contributed by atoms with Crippen molar-refractivity contribution in [1.82, 2.24) is 37.2 Å². The van der Waals surface area contributed by atoms with Gasteiger partial charge < -0.3 is 37.2 Å². The summed E-state index contributed by atoms with van der Waals surface area (Å²) in [5, 5.41) is 24.1. The Kier molecular flexibility index (Phi) is 52.1. The van der Waals surface area contributed by atoms with Crippen molar-refractivity contribution in [1.29, 1.82) is 0 Å². The molecule has 15 heteroatoms. The topological polar surface area (TPSA) is 204 Å². The third-order valence-electron chi connectivity index (χ3n) is 19.4. The average Bonchev–Trinajstić information content (AvgIpc) is 1.63. The van der Waals surface area contributed by atoms with Crippen molar-refractivity contribution in [3.8, 4) is 0 Å². The number of ketones is 7. The number of hydrogen-bond donors (Lipinski definition) is 7. The van der Waals surface area contributed by atoms with E-state index >= 15 is 0 Å². The number of thioether (sulfide) groups is 1. The number of Topliss-reactive ketones (excluding diaryl/α,β-unsaturated/α-hetero) is 7. The van der Waals surface area contributed by atoms with Gasteiger partial charge in [-0.3, -0.25) is 33.6 Å². The van der Waals surface area contributed by atoms with Crippen LogP contribution in [0.5, 0.6) is 0 Å². The highest BCUT2D eigenvalue weighted by molar-refractivity contribution is 7.98. The highest BCUT2D eigenvalue weighted by Crippen LogP contribution is 2.34. The molecule has 1 aliphatic rings.